The van der Waals surface area contributed by atoms with E-state index >= 15 is 0 Å². The van der Waals surface area contributed by atoms with Crippen molar-refractivity contribution < 1.29 is 4.74 Å². The number of methoxy groups -OCH3 is 1. The molecule has 14 heavy (non-hydrogen) atoms. The summed E-state index contributed by atoms with van der Waals surface area (Å²) in [5.74, 6) is 1.08. The molecule has 0 bridgehead atoms. The molecule has 0 aliphatic carbocycles. The van der Waals surface area contributed by atoms with Crippen molar-refractivity contribution in [2.75, 3.05) is 13.0 Å². The van der Waals surface area contributed by atoms with Crippen LogP contribution in [0.2, 0.25) is 5.02 Å². The first-order valence-electron chi connectivity index (χ1n) is 4.25. The van der Waals surface area contributed by atoms with Crippen LogP contribution in [-0.2, 0) is 0 Å². The monoisotopic (exact) mass is 233 g/mol. The summed E-state index contributed by atoms with van der Waals surface area (Å²) in [6, 6.07) is 3.43. The third-order valence-electron chi connectivity index (χ3n) is 2.08. The van der Waals surface area contributed by atoms with E-state index < -0.39 is 0 Å². The van der Waals surface area contributed by atoms with Gasteiger partial charge in [0, 0.05) is 22.5 Å². The molecule has 0 saturated carbocycles. The van der Waals surface area contributed by atoms with Gasteiger partial charge in [0.15, 0.2) is 0 Å². The summed E-state index contributed by atoms with van der Waals surface area (Å²) in [5, 5.41) is 0.682. The van der Waals surface area contributed by atoms with E-state index in [2.05, 4.69) is 0 Å². The van der Waals surface area contributed by atoms with Crippen LogP contribution in [0.4, 0.5) is 0 Å². The van der Waals surface area contributed by atoms with Crippen LogP contribution < -0.4 is 10.5 Å². The Morgan fingerprint density at radius 3 is 2.64 bits per heavy atom. The summed E-state index contributed by atoms with van der Waals surface area (Å²) in [5.41, 5.74) is 7.63. The highest BCUT2D eigenvalue weighted by atomic mass is 35.5. The standard InChI is InChI=1S/C10H13Cl2NO/c1-6-3-10(14-2)7(4-8(6)12)9(13)5-11/h3-4,9H,5,13H2,1-2H3. The Hall–Kier alpha value is -0.440. The Bertz CT molecular complexity index is 328. The minimum absolute atomic E-state index is 0.246. The van der Waals surface area contributed by atoms with Crippen LogP contribution >= 0.6 is 23.2 Å². The van der Waals surface area contributed by atoms with E-state index in [1.165, 1.54) is 0 Å². The van der Waals surface area contributed by atoms with Crippen LogP contribution in [0.25, 0.3) is 0 Å². The maximum atomic E-state index is 5.99. The fourth-order valence-corrected chi connectivity index (χ4v) is 1.56. The molecule has 0 saturated heterocycles. The summed E-state index contributed by atoms with van der Waals surface area (Å²) in [4.78, 5) is 0. The van der Waals surface area contributed by atoms with Crippen LogP contribution in [0, 0.1) is 6.92 Å². The number of alkyl halides is 1. The molecule has 4 heteroatoms. The summed E-state index contributed by atoms with van der Waals surface area (Å²) in [6.45, 7) is 1.92. The third-order valence-corrected chi connectivity index (χ3v) is 2.82. The van der Waals surface area contributed by atoms with Crippen molar-refractivity contribution in [2.24, 2.45) is 5.73 Å². The second-order valence-corrected chi connectivity index (χ2v) is 3.82. The lowest BCUT2D eigenvalue weighted by Gasteiger charge is -2.14. The van der Waals surface area contributed by atoms with E-state index in [9.17, 15) is 0 Å². The van der Waals surface area contributed by atoms with Crippen LogP contribution in [0.15, 0.2) is 12.1 Å². The maximum absolute atomic E-state index is 5.99. The van der Waals surface area contributed by atoms with Gasteiger partial charge in [-0.05, 0) is 24.6 Å². The number of hydrogen-bond donors (Lipinski definition) is 1. The van der Waals surface area contributed by atoms with Gasteiger partial charge in [0.05, 0.1) is 7.11 Å². The molecule has 0 amide bonds. The zero-order valence-corrected chi connectivity index (χ0v) is 9.69. The molecule has 2 nitrogen and oxygen atoms in total. The average molecular weight is 234 g/mol. The molecule has 1 aromatic rings. The van der Waals surface area contributed by atoms with Crippen LogP contribution in [0.5, 0.6) is 5.75 Å². The number of rotatable bonds is 3. The molecular formula is C10H13Cl2NO. The SMILES string of the molecule is COc1cc(C)c(Cl)cc1C(N)CCl. The molecule has 0 aliphatic heterocycles. The van der Waals surface area contributed by atoms with Gasteiger partial charge in [0.25, 0.3) is 0 Å². The lowest BCUT2D eigenvalue weighted by atomic mass is 10.1. The van der Waals surface area contributed by atoms with E-state index in [1.54, 1.807) is 7.11 Å². The first-order valence-corrected chi connectivity index (χ1v) is 5.17. The highest BCUT2D eigenvalue weighted by molar-refractivity contribution is 6.31. The van der Waals surface area contributed by atoms with Gasteiger partial charge >= 0.3 is 0 Å². The predicted octanol–water partition coefficient (Wildman–Crippen LogP) is 2.90. The minimum Gasteiger partial charge on any atom is -0.496 e. The Morgan fingerprint density at radius 1 is 1.50 bits per heavy atom. The number of aryl methyl sites for hydroxylation is 1. The van der Waals surface area contributed by atoms with Gasteiger partial charge in [-0.25, -0.2) is 0 Å². The van der Waals surface area contributed by atoms with Crippen molar-refractivity contribution in [1.82, 2.24) is 0 Å². The highest BCUT2D eigenvalue weighted by Gasteiger charge is 2.12. The quantitative estimate of drug-likeness (QED) is 0.816. The smallest absolute Gasteiger partial charge is 0.124 e. The average Bonchev–Trinajstić information content (AvgIpc) is 2.20. The molecule has 0 aromatic heterocycles. The first kappa shape index (κ1) is 11.6. The van der Waals surface area contributed by atoms with E-state index in [0.717, 1.165) is 16.9 Å². The van der Waals surface area contributed by atoms with Crippen molar-refractivity contribution in [1.29, 1.82) is 0 Å². The van der Waals surface area contributed by atoms with E-state index in [-0.39, 0.29) is 6.04 Å². The van der Waals surface area contributed by atoms with Crippen molar-refractivity contribution in [2.45, 2.75) is 13.0 Å². The molecule has 1 aromatic carbocycles. The Morgan fingerprint density at radius 2 is 2.14 bits per heavy atom. The van der Waals surface area contributed by atoms with Crippen molar-refractivity contribution >= 4 is 23.2 Å². The van der Waals surface area contributed by atoms with Gasteiger partial charge < -0.3 is 10.5 Å². The molecule has 0 radical (unpaired) electrons. The molecule has 1 rings (SSSR count). The second kappa shape index (κ2) is 4.87. The van der Waals surface area contributed by atoms with Crippen molar-refractivity contribution in [3.05, 3.63) is 28.3 Å². The van der Waals surface area contributed by atoms with Gasteiger partial charge in [0.2, 0.25) is 0 Å². The minimum atomic E-state index is -0.246. The molecule has 0 aliphatic rings. The first-order chi connectivity index (χ1) is 6.60. The number of nitrogens with two attached hydrogens (primary N) is 1. The van der Waals surface area contributed by atoms with Crippen LogP contribution in [0.3, 0.4) is 0 Å². The van der Waals surface area contributed by atoms with E-state index in [1.807, 2.05) is 19.1 Å². The fraction of sp³-hybridized carbons (Fsp3) is 0.400. The summed E-state index contributed by atoms with van der Waals surface area (Å²) >= 11 is 11.7. The van der Waals surface area contributed by atoms with E-state index in [0.29, 0.717) is 10.9 Å². The number of halogens is 2. The number of hydrogen-bond acceptors (Lipinski definition) is 2. The Labute approximate surface area is 94.0 Å². The zero-order chi connectivity index (χ0) is 10.7. The van der Waals surface area contributed by atoms with Crippen LogP contribution in [-0.4, -0.2) is 13.0 Å². The normalized spacial score (nSPS) is 12.6. The van der Waals surface area contributed by atoms with Gasteiger partial charge in [-0.15, -0.1) is 11.6 Å². The summed E-state index contributed by atoms with van der Waals surface area (Å²) in [6.07, 6.45) is 0. The topological polar surface area (TPSA) is 35.2 Å². The maximum Gasteiger partial charge on any atom is 0.124 e. The van der Waals surface area contributed by atoms with Gasteiger partial charge in [-0.3, -0.25) is 0 Å². The predicted molar refractivity (Wildman–Crippen MR) is 60.4 cm³/mol. The molecule has 78 valence electrons. The largest absolute Gasteiger partial charge is 0.496 e. The van der Waals surface area contributed by atoms with Crippen molar-refractivity contribution in [3.63, 3.8) is 0 Å². The van der Waals surface area contributed by atoms with Crippen LogP contribution in [0.1, 0.15) is 17.2 Å². The molecule has 1 unspecified atom stereocenters. The van der Waals surface area contributed by atoms with Gasteiger partial charge in [0.1, 0.15) is 5.75 Å². The molecule has 1 atom stereocenters. The highest BCUT2D eigenvalue weighted by Crippen LogP contribution is 2.30. The van der Waals surface area contributed by atoms with E-state index in [4.69, 9.17) is 33.7 Å². The molecule has 0 fully saturated rings. The number of benzene rings is 1. The van der Waals surface area contributed by atoms with Gasteiger partial charge in [-0.2, -0.15) is 0 Å². The molecule has 2 N–H and O–H groups in total. The molecule has 0 heterocycles. The second-order valence-electron chi connectivity index (χ2n) is 3.10. The fourth-order valence-electron chi connectivity index (χ4n) is 1.22. The summed E-state index contributed by atoms with van der Waals surface area (Å²) in [7, 11) is 1.60. The third kappa shape index (κ3) is 2.32. The van der Waals surface area contributed by atoms with Crippen molar-refractivity contribution in [3.8, 4) is 5.75 Å². The zero-order valence-electron chi connectivity index (χ0n) is 8.18. The Kier molecular flexibility index (Phi) is 4.05. The Balaban J connectivity index is 3.19. The lowest BCUT2D eigenvalue weighted by molar-refractivity contribution is 0.407. The number of ether oxygens (including phenoxy) is 1. The summed E-state index contributed by atoms with van der Waals surface area (Å²) < 4.78 is 5.21. The molecule has 0 spiro atoms. The lowest BCUT2D eigenvalue weighted by Crippen LogP contribution is -2.13. The van der Waals surface area contributed by atoms with Gasteiger partial charge in [-0.1, -0.05) is 11.6 Å². The molecular weight excluding hydrogens is 221 g/mol.